The minimum atomic E-state index is -0.146. The Bertz CT molecular complexity index is 662. The van der Waals surface area contributed by atoms with E-state index in [1.165, 1.54) is 11.5 Å². The molecule has 2 aromatic heterocycles. The molecule has 1 fully saturated rings. The number of carbonyl (C=O) groups is 2. The fourth-order valence-electron chi connectivity index (χ4n) is 2.47. The summed E-state index contributed by atoms with van der Waals surface area (Å²) in [7, 11) is 0. The molecule has 3 rings (SSSR count). The molecule has 0 atom stereocenters. The van der Waals surface area contributed by atoms with Crippen molar-refractivity contribution in [2.75, 3.05) is 31.5 Å². The number of carbonyl (C=O) groups excluding carboxylic acids is 2. The van der Waals surface area contributed by atoms with E-state index in [4.69, 9.17) is 0 Å². The Morgan fingerprint density at radius 2 is 1.74 bits per heavy atom. The quantitative estimate of drug-likeness (QED) is 0.912. The lowest BCUT2D eigenvalue weighted by Gasteiger charge is -2.22. The molecule has 3 heterocycles. The SMILES string of the molecule is O=C(Nc1ccns1)N1CCCN(C(=O)c2ccncc2)CC1. The zero-order chi connectivity index (χ0) is 16.1. The van der Waals surface area contributed by atoms with E-state index >= 15 is 0 Å². The van der Waals surface area contributed by atoms with Crippen LogP contribution in [-0.2, 0) is 0 Å². The summed E-state index contributed by atoms with van der Waals surface area (Å²) < 4.78 is 3.96. The van der Waals surface area contributed by atoms with Gasteiger partial charge in [0.25, 0.3) is 5.91 Å². The summed E-state index contributed by atoms with van der Waals surface area (Å²) in [6, 6.07) is 5.04. The van der Waals surface area contributed by atoms with Gasteiger partial charge in [0.2, 0.25) is 0 Å². The van der Waals surface area contributed by atoms with E-state index in [0.717, 1.165) is 11.4 Å². The maximum atomic E-state index is 12.5. The number of anilines is 1. The summed E-state index contributed by atoms with van der Waals surface area (Å²) in [5.41, 5.74) is 0.627. The van der Waals surface area contributed by atoms with Crippen LogP contribution in [0.2, 0.25) is 0 Å². The summed E-state index contributed by atoms with van der Waals surface area (Å²) >= 11 is 1.24. The first-order valence-electron chi connectivity index (χ1n) is 7.40. The van der Waals surface area contributed by atoms with Crippen molar-refractivity contribution < 1.29 is 9.59 Å². The number of nitrogens with zero attached hydrogens (tertiary/aromatic N) is 4. The molecule has 0 spiro atoms. The van der Waals surface area contributed by atoms with E-state index in [1.807, 2.05) is 0 Å². The fraction of sp³-hybridized carbons (Fsp3) is 0.333. The fourth-order valence-corrected chi connectivity index (χ4v) is 2.96. The molecule has 0 aromatic carbocycles. The molecule has 7 nitrogen and oxygen atoms in total. The highest BCUT2D eigenvalue weighted by Gasteiger charge is 2.23. The molecule has 1 N–H and O–H groups in total. The van der Waals surface area contributed by atoms with Gasteiger partial charge in [0.15, 0.2) is 0 Å². The van der Waals surface area contributed by atoms with Crippen LogP contribution in [0.1, 0.15) is 16.8 Å². The van der Waals surface area contributed by atoms with Gasteiger partial charge in [0.05, 0.1) is 0 Å². The second-order valence-corrected chi connectivity index (χ2v) is 6.01. The summed E-state index contributed by atoms with van der Waals surface area (Å²) in [5.74, 6) is -0.0166. The molecule has 120 valence electrons. The minimum Gasteiger partial charge on any atom is -0.337 e. The van der Waals surface area contributed by atoms with Gasteiger partial charge in [-0.15, -0.1) is 0 Å². The Hall–Kier alpha value is -2.48. The van der Waals surface area contributed by atoms with Crippen LogP contribution >= 0.6 is 11.5 Å². The smallest absolute Gasteiger partial charge is 0.322 e. The average Bonchev–Trinajstić information content (AvgIpc) is 2.96. The third-order valence-electron chi connectivity index (χ3n) is 3.67. The summed E-state index contributed by atoms with van der Waals surface area (Å²) in [5, 5.41) is 3.55. The van der Waals surface area contributed by atoms with Gasteiger partial charge in [-0.25, -0.2) is 4.79 Å². The second kappa shape index (κ2) is 7.19. The Morgan fingerprint density at radius 1 is 1.00 bits per heavy atom. The molecule has 1 saturated heterocycles. The van der Waals surface area contributed by atoms with Crippen LogP contribution in [0.4, 0.5) is 9.80 Å². The molecule has 23 heavy (non-hydrogen) atoms. The number of aromatic nitrogens is 2. The van der Waals surface area contributed by atoms with Gasteiger partial charge in [-0.05, 0) is 36.2 Å². The molecular weight excluding hydrogens is 314 g/mol. The van der Waals surface area contributed by atoms with Crippen LogP contribution < -0.4 is 5.32 Å². The Labute approximate surface area is 138 Å². The third kappa shape index (κ3) is 3.84. The monoisotopic (exact) mass is 331 g/mol. The van der Waals surface area contributed by atoms with Crippen LogP contribution in [0.15, 0.2) is 36.8 Å². The number of rotatable bonds is 2. The molecule has 8 heteroatoms. The maximum Gasteiger partial charge on any atom is 0.322 e. The number of urea groups is 1. The molecule has 2 aromatic rings. The van der Waals surface area contributed by atoms with Crippen molar-refractivity contribution in [2.24, 2.45) is 0 Å². The van der Waals surface area contributed by atoms with Gasteiger partial charge in [-0.1, -0.05) is 0 Å². The van der Waals surface area contributed by atoms with Gasteiger partial charge in [0, 0.05) is 50.3 Å². The molecule has 1 aliphatic rings. The first-order chi connectivity index (χ1) is 11.2. The number of amides is 3. The van der Waals surface area contributed by atoms with E-state index in [0.29, 0.717) is 31.7 Å². The minimum absolute atomic E-state index is 0.0166. The molecule has 1 aliphatic heterocycles. The first kappa shape index (κ1) is 15.4. The van der Waals surface area contributed by atoms with Gasteiger partial charge < -0.3 is 9.80 Å². The van der Waals surface area contributed by atoms with Gasteiger partial charge in [-0.3, -0.25) is 15.1 Å². The molecule has 3 amide bonds. The largest absolute Gasteiger partial charge is 0.337 e. The highest BCUT2D eigenvalue weighted by atomic mass is 32.1. The van der Waals surface area contributed by atoms with Gasteiger partial charge in [0.1, 0.15) is 5.00 Å². The average molecular weight is 331 g/mol. The Kier molecular flexibility index (Phi) is 4.82. The van der Waals surface area contributed by atoms with E-state index in [2.05, 4.69) is 14.7 Å². The van der Waals surface area contributed by atoms with Crippen molar-refractivity contribution >= 4 is 28.5 Å². The van der Waals surface area contributed by atoms with Crippen molar-refractivity contribution in [1.29, 1.82) is 0 Å². The van der Waals surface area contributed by atoms with E-state index in [1.54, 1.807) is 46.6 Å². The third-order valence-corrected chi connectivity index (χ3v) is 4.33. The van der Waals surface area contributed by atoms with Crippen LogP contribution in [0.3, 0.4) is 0 Å². The lowest BCUT2D eigenvalue weighted by molar-refractivity contribution is 0.0762. The topological polar surface area (TPSA) is 78.4 Å². The summed E-state index contributed by atoms with van der Waals surface area (Å²) in [6.45, 7) is 2.31. The molecule has 0 unspecified atom stereocenters. The van der Waals surface area contributed by atoms with Crippen LogP contribution in [0, 0.1) is 0 Å². The van der Waals surface area contributed by atoms with Crippen LogP contribution in [0.5, 0.6) is 0 Å². The lowest BCUT2D eigenvalue weighted by Crippen LogP contribution is -2.39. The molecule has 0 bridgehead atoms. The number of pyridine rings is 1. The molecular formula is C15H17N5O2S. The van der Waals surface area contributed by atoms with Gasteiger partial charge >= 0.3 is 6.03 Å². The summed E-state index contributed by atoms with van der Waals surface area (Å²) in [6.07, 6.45) is 5.63. The van der Waals surface area contributed by atoms with E-state index < -0.39 is 0 Å². The molecule has 0 aliphatic carbocycles. The lowest BCUT2D eigenvalue weighted by atomic mass is 10.2. The number of hydrogen-bond donors (Lipinski definition) is 1. The van der Waals surface area contributed by atoms with Crippen molar-refractivity contribution in [3.05, 3.63) is 42.4 Å². The van der Waals surface area contributed by atoms with Crippen molar-refractivity contribution in [2.45, 2.75) is 6.42 Å². The Balaban J connectivity index is 1.59. The van der Waals surface area contributed by atoms with Crippen LogP contribution in [-0.4, -0.2) is 57.3 Å². The Morgan fingerprint density at radius 3 is 2.48 bits per heavy atom. The van der Waals surface area contributed by atoms with Crippen LogP contribution in [0.25, 0.3) is 0 Å². The number of nitrogens with one attached hydrogen (secondary N) is 1. The number of hydrogen-bond acceptors (Lipinski definition) is 5. The molecule has 0 saturated carbocycles. The zero-order valence-electron chi connectivity index (χ0n) is 12.5. The van der Waals surface area contributed by atoms with Crippen molar-refractivity contribution in [1.82, 2.24) is 19.2 Å². The van der Waals surface area contributed by atoms with Crippen molar-refractivity contribution in [3.8, 4) is 0 Å². The summed E-state index contributed by atoms with van der Waals surface area (Å²) in [4.78, 5) is 32.2. The zero-order valence-corrected chi connectivity index (χ0v) is 13.3. The highest BCUT2D eigenvalue weighted by Crippen LogP contribution is 2.14. The normalized spacial score (nSPS) is 15.1. The highest BCUT2D eigenvalue weighted by molar-refractivity contribution is 7.10. The van der Waals surface area contributed by atoms with Gasteiger partial charge in [-0.2, -0.15) is 4.37 Å². The predicted octanol–water partition coefficient (Wildman–Crippen LogP) is 1.92. The second-order valence-electron chi connectivity index (χ2n) is 5.18. The predicted molar refractivity (Wildman–Crippen MR) is 87.5 cm³/mol. The van der Waals surface area contributed by atoms with E-state index in [-0.39, 0.29) is 11.9 Å². The molecule has 0 radical (unpaired) electrons. The van der Waals surface area contributed by atoms with E-state index in [9.17, 15) is 9.59 Å². The standard InChI is InChI=1S/C15H17N5O2S/c21-14(12-2-5-16-6-3-12)19-8-1-9-20(11-10-19)15(22)18-13-4-7-17-23-13/h2-7H,1,8-11H2,(H,18,22). The van der Waals surface area contributed by atoms with Crippen molar-refractivity contribution in [3.63, 3.8) is 0 Å². The maximum absolute atomic E-state index is 12.5. The first-order valence-corrected chi connectivity index (χ1v) is 8.17.